The SMILES string of the molecule is COc1cc2c(cc1OC)[C@@H]1Cc3cc(OC)c(OC)cc3[C@H](C2)[N+]1(C)[O-]. The summed E-state index contributed by atoms with van der Waals surface area (Å²) in [6.07, 6.45) is 1.29. The van der Waals surface area contributed by atoms with Crippen molar-refractivity contribution in [1.82, 2.24) is 0 Å². The molecule has 0 aromatic heterocycles. The van der Waals surface area contributed by atoms with Crippen molar-refractivity contribution in [3.8, 4) is 23.0 Å². The molecule has 0 spiro atoms. The molecule has 2 heterocycles. The summed E-state index contributed by atoms with van der Waals surface area (Å²) in [6.45, 7) is 0. The second kappa shape index (κ2) is 6.32. The molecule has 2 aliphatic rings. The van der Waals surface area contributed by atoms with Crippen LogP contribution in [-0.4, -0.2) is 40.1 Å². The first-order valence-electron chi connectivity index (χ1n) is 9.01. The van der Waals surface area contributed by atoms with Crippen LogP contribution in [0.4, 0.5) is 0 Å². The summed E-state index contributed by atoms with van der Waals surface area (Å²) in [7, 11) is 8.28. The highest BCUT2D eigenvalue weighted by Gasteiger charge is 2.47. The Morgan fingerprint density at radius 2 is 1.04 bits per heavy atom. The fraction of sp³-hybridized carbons (Fsp3) is 0.429. The molecule has 4 rings (SSSR count). The van der Waals surface area contributed by atoms with Crippen LogP contribution < -0.4 is 18.9 Å². The third kappa shape index (κ3) is 2.55. The van der Waals surface area contributed by atoms with E-state index in [1.165, 1.54) is 0 Å². The number of ether oxygens (including phenoxy) is 4. The van der Waals surface area contributed by atoms with Gasteiger partial charge in [0.2, 0.25) is 0 Å². The summed E-state index contributed by atoms with van der Waals surface area (Å²) < 4.78 is 21.6. The van der Waals surface area contributed by atoms with Crippen molar-refractivity contribution in [1.29, 1.82) is 0 Å². The molecule has 0 radical (unpaired) electrons. The largest absolute Gasteiger partial charge is 0.632 e. The molecule has 6 heteroatoms. The Morgan fingerprint density at radius 1 is 0.704 bits per heavy atom. The maximum Gasteiger partial charge on any atom is 0.161 e. The lowest BCUT2D eigenvalue weighted by molar-refractivity contribution is -0.927. The maximum atomic E-state index is 13.7. The minimum Gasteiger partial charge on any atom is -0.632 e. The highest BCUT2D eigenvalue weighted by Crippen LogP contribution is 2.54. The van der Waals surface area contributed by atoms with E-state index in [9.17, 15) is 5.21 Å². The van der Waals surface area contributed by atoms with E-state index in [-0.39, 0.29) is 16.7 Å². The number of hydrogen-bond acceptors (Lipinski definition) is 5. The van der Waals surface area contributed by atoms with Gasteiger partial charge in [0.05, 0.1) is 35.5 Å². The highest BCUT2D eigenvalue weighted by molar-refractivity contribution is 5.54. The van der Waals surface area contributed by atoms with E-state index in [4.69, 9.17) is 18.9 Å². The Hall–Kier alpha value is -2.44. The van der Waals surface area contributed by atoms with Gasteiger partial charge in [0, 0.05) is 24.0 Å². The molecule has 0 fully saturated rings. The zero-order chi connectivity index (χ0) is 19.3. The van der Waals surface area contributed by atoms with Crippen LogP contribution in [0.25, 0.3) is 0 Å². The lowest BCUT2D eigenvalue weighted by atomic mass is 9.76. The van der Waals surface area contributed by atoms with Crippen molar-refractivity contribution in [3.63, 3.8) is 0 Å². The van der Waals surface area contributed by atoms with Gasteiger partial charge in [-0.25, -0.2) is 0 Å². The molecular formula is C21H25NO5. The number of nitrogens with zero attached hydrogens (tertiary/aromatic N) is 1. The van der Waals surface area contributed by atoms with Gasteiger partial charge in [0.1, 0.15) is 12.1 Å². The van der Waals surface area contributed by atoms with Gasteiger partial charge in [-0.3, -0.25) is 0 Å². The molecular weight excluding hydrogens is 346 g/mol. The second-order valence-corrected chi connectivity index (χ2v) is 7.31. The van der Waals surface area contributed by atoms with Gasteiger partial charge in [-0.05, 0) is 35.4 Å². The number of methoxy groups -OCH3 is 4. The van der Waals surface area contributed by atoms with E-state index < -0.39 is 0 Å². The summed E-state index contributed by atoms with van der Waals surface area (Å²) in [5, 5.41) is 13.7. The van der Waals surface area contributed by atoms with Crippen LogP contribution in [0.5, 0.6) is 23.0 Å². The van der Waals surface area contributed by atoms with Crippen LogP contribution in [0.2, 0.25) is 0 Å². The van der Waals surface area contributed by atoms with Crippen molar-refractivity contribution >= 4 is 0 Å². The van der Waals surface area contributed by atoms with Crippen LogP contribution in [-0.2, 0) is 12.8 Å². The molecule has 0 saturated carbocycles. The molecule has 2 bridgehead atoms. The summed E-state index contributed by atoms with van der Waals surface area (Å²) in [5.41, 5.74) is 4.38. The third-order valence-electron chi connectivity index (χ3n) is 6.07. The lowest BCUT2D eigenvalue weighted by Gasteiger charge is -2.57. The van der Waals surface area contributed by atoms with E-state index >= 15 is 0 Å². The third-order valence-corrected chi connectivity index (χ3v) is 6.07. The van der Waals surface area contributed by atoms with Crippen molar-refractivity contribution in [3.05, 3.63) is 51.7 Å². The van der Waals surface area contributed by atoms with Gasteiger partial charge in [-0.1, -0.05) is 0 Å². The number of rotatable bonds is 4. The Morgan fingerprint density at radius 3 is 1.37 bits per heavy atom. The van der Waals surface area contributed by atoms with Crippen molar-refractivity contribution in [2.75, 3.05) is 35.5 Å². The van der Waals surface area contributed by atoms with Crippen LogP contribution in [0.15, 0.2) is 24.3 Å². The van der Waals surface area contributed by atoms with Crippen LogP contribution in [0, 0.1) is 5.21 Å². The van der Waals surface area contributed by atoms with Gasteiger partial charge in [0.15, 0.2) is 23.0 Å². The molecule has 6 nitrogen and oxygen atoms in total. The summed E-state index contributed by atoms with van der Waals surface area (Å²) in [5.74, 6) is 2.72. The maximum absolute atomic E-state index is 13.7. The predicted molar refractivity (Wildman–Crippen MR) is 102 cm³/mol. The first-order chi connectivity index (χ1) is 12.9. The number of quaternary nitrogens is 1. The van der Waals surface area contributed by atoms with Gasteiger partial charge in [0.25, 0.3) is 0 Å². The minimum atomic E-state index is -0.328. The fourth-order valence-electron chi connectivity index (χ4n) is 4.62. The molecule has 0 saturated heterocycles. The van der Waals surface area contributed by atoms with Gasteiger partial charge in [-0.2, -0.15) is 0 Å². The average Bonchev–Trinajstić information content (AvgIpc) is 2.66. The van der Waals surface area contributed by atoms with E-state index in [1.54, 1.807) is 35.5 Å². The summed E-state index contributed by atoms with van der Waals surface area (Å²) in [6, 6.07) is 7.58. The number of benzene rings is 2. The molecule has 144 valence electrons. The second-order valence-electron chi connectivity index (χ2n) is 7.31. The van der Waals surface area contributed by atoms with Gasteiger partial charge >= 0.3 is 0 Å². The van der Waals surface area contributed by atoms with E-state index in [0.29, 0.717) is 35.8 Å². The molecule has 2 aliphatic heterocycles. The molecule has 0 unspecified atom stereocenters. The molecule has 2 aromatic rings. The minimum absolute atomic E-state index is 0.191. The van der Waals surface area contributed by atoms with Crippen molar-refractivity contribution in [2.24, 2.45) is 0 Å². The van der Waals surface area contributed by atoms with Gasteiger partial charge < -0.3 is 28.8 Å². The number of fused-ring (bicyclic) bond motifs is 6. The van der Waals surface area contributed by atoms with E-state index in [1.807, 2.05) is 24.3 Å². The van der Waals surface area contributed by atoms with Crippen LogP contribution in [0.3, 0.4) is 0 Å². The fourth-order valence-corrected chi connectivity index (χ4v) is 4.62. The number of hydrogen-bond donors (Lipinski definition) is 0. The van der Waals surface area contributed by atoms with Crippen LogP contribution in [0.1, 0.15) is 34.3 Å². The summed E-state index contributed by atoms with van der Waals surface area (Å²) in [4.78, 5) is 0. The van der Waals surface area contributed by atoms with E-state index in [0.717, 1.165) is 22.3 Å². The summed E-state index contributed by atoms with van der Waals surface area (Å²) >= 11 is 0. The van der Waals surface area contributed by atoms with Crippen molar-refractivity contribution < 1.29 is 23.6 Å². The highest BCUT2D eigenvalue weighted by atomic mass is 16.5. The number of hydroxylamine groups is 3. The zero-order valence-corrected chi connectivity index (χ0v) is 16.4. The normalized spacial score (nSPS) is 25.3. The average molecular weight is 371 g/mol. The molecule has 27 heavy (non-hydrogen) atoms. The standard InChI is InChI=1S/C21H25NO5/c1-22(23)16-6-12-8-18(24-2)20(26-4)10-14(12)17(22)7-13-9-19(25-3)21(27-5)11-15(13)16/h8-11,16-17H,6-7H2,1-5H3/t16-,17-/m0/s1. The molecule has 0 aliphatic carbocycles. The first kappa shape index (κ1) is 17.9. The molecule has 2 aromatic carbocycles. The number of likely N-dealkylation sites (N-methyl/N-ethyl adjacent to an activating group) is 1. The smallest absolute Gasteiger partial charge is 0.161 e. The molecule has 0 amide bonds. The molecule has 0 N–H and O–H groups in total. The lowest BCUT2D eigenvalue weighted by Crippen LogP contribution is -2.52. The van der Waals surface area contributed by atoms with Gasteiger partial charge in [-0.15, -0.1) is 0 Å². The Balaban J connectivity index is 1.89. The first-order valence-corrected chi connectivity index (χ1v) is 9.01. The predicted octanol–water partition coefficient (Wildman–Crippen LogP) is 3.56. The van der Waals surface area contributed by atoms with E-state index in [2.05, 4.69) is 0 Å². The Kier molecular flexibility index (Phi) is 4.20. The monoisotopic (exact) mass is 371 g/mol. The topological polar surface area (TPSA) is 60.0 Å². The zero-order valence-electron chi connectivity index (χ0n) is 16.4. The Labute approximate surface area is 159 Å². The quantitative estimate of drug-likeness (QED) is 0.607. The van der Waals surface area contributed by atoms with Crippen molar-refractivity contribution in [2.45, 2.75) is 24.9 Å². The van der Waals surface area contributed by atoms with Crippen LogP contribution >= 0.6 is 0 Å². The molecule has 2 atom stereocenters. The Bertz CT molecular complexity index is 821.